The highest BCUT2D eigenvalue weighted by atomic mass is 16.7. The van der Waals surface area contributed by atoms with E-state index < -0.39 is 23.5 Å². The molecule has 1 aliphatic heterocycles. The largest absolute Gasteiger partial charge is 0.444 e. The second kappa shape index (κ2) is 7.65. The molecule has 25 heavy (non-hydrogen) atoms. The maximum atomic E-state index is 12.3. The smallest absolute Gasteiger partial charge is 0.407 e. The number of alkyl carbamates (subject to hydrolysis) is 1. The summed E-state index contributed by atoms with van der Waals surface area (Å²) in [4.78, 5) is 41.8. The van der Waals surface area contributed by atoms with Crippen molar-refractivity contribution in [3.63, 3.8) is 0 Å². The molecule has 3 amide bonds. The zero-order chi connectivity index (χ0) is 18.6. The number of carbonyl (C=O) groups excluding carboxylic acids is 3. The van der Waals surface area contributed by atoms with Crippen LogP contribution in [0.3, 0.4) is 0 Å². The van der Waals surface area contributed by atoms with Crippen LogP contribution in [0.5, 0.6) is 0 Å². The number of hydrogen-bond donors (Lipinski definition) is 1. The Morgan fingerprint density at radius 2 is 1.72 bits per heavy atom. The van der Waals surface area contributed by atoms with E-state index in [0.717, 1.165) is 5.06 Å². The average molecular weight is 348 g/mol. The van der Waals surface area contributed by atoms with Crippen LogP contribution in [0.1, 0.15) is 61.3 Å². The van der Waals surface area contributed by atoms with Gasteiger partial charge in [0, 0.05) is 6.54 Å². The van der Waals surface area contributed by atoms with Crippen molar-refractivity contribution in [3.05, 3.63) is 35.4 Å². The van der Waals surface area contributed by atoms with E-state index in [-0.39, 0.29) is 6.10 Å². The van der Waals surface area contributed by atoms with E-state index in [1.54, 1.807) is 45.0 Å². The molecule has 0 aromatic heterocycles. The maximum Gasteiger partial charge on any atom is 0.407 e. The molecule has 1 heterocycles. The lowest BCUT2D eigenvalue weighted by atomic mass is 10.1. The quantitative estimate of drug-likeness (QED) is 0.799. The summed E-state index contributed by atoms with van der Waals surface area (Å²) < 4.78 is 5.15. The van der Waals surface area contributed by atoms with Crippen molar-refractivity contribution in [2.75, 3.05) is 6.54 Å². The summed E-state index contributed by atoms with van der Waals surface area (Å²) in [6.45, 7) is 7.55. The lowest BCUT2D eigenvalue weighted by Crippen LogP contribution is -2.37. The van der Waals surface area contributed by atoms with Crippen LogP contribution in [0.15, 0.2) is 24.3 Å². The third kappa shape index (κ3) is 4.79. The van der Waals surface area contributed by atoms with Crippen LogP contribution in [0.2, 0.25) is 0 Å². The summed E-state index contributed by atoms with van der Waals surface area (Å²) in [5, 5.41) is 3.45. The molecule has 7 heteroatoms. The van der Waals surface area contributed by atoms with Crippen molar-refractivity contribution in [1.29, 1.82) is 0 Å². The predicted octanol–water partition coefficient (Wildman–Crippen LogP) is 2.91. The molecule has 1 aromatic carbocycles. The molecular formula is C18H24N2O5. The van der Waals surface area contributed by atoms with Crippen LogP contribution in [0.4, 0.5) is 4.79 Å². The fourth-order valence-corrected chi connectivity index (χ4v) is 2.39. The summed E-state index contributed by atoms with van der Waals surface area (Å²) in [5.74, 6) is -0.918. The van der Waals surface area contributed by atoms with Crippen LogP contribution < -0.4 is 5.32 Å². The minimum absolute atomic E-state index is 0.316. The van der Waals surface area contributed by atoms with Crippen LogP contribution >= 0.6 is 0 Å². The minimum Gasteiger partial charge on any atom is -0.444 e. The van der Waals surface area contributed by atoms with Gasteiger partial charge in [-0.1, -0.05) is 19.1 Å². The SMILES string of the molecule is CCC(CCNC(=O)OC(C)(C)C)ON1C(=O)c2ccccc2C1=O. The van der Waals surface area contributed by atoms with E-state index in [2.05, 4.69) is 5.32 Å². The maximum absolute atomic E-state index is 12.3. The van der Waals surface area contributed by atoms with Gasteiger partial charge in [0.05, 0.1) is 17.2 Å². The second-order valence-corrected chi connectivity index (χ2v) is 6.80. The molecule has 1 atom stereocenters. The molecule has 1 aliphatic rings. The number of hydroxylamine groups is 2. The molecule has 0 bridgehead atoms. The lowest BCUT2D eigenvalue weighted by molar-refractivity contribution is -0.134. The van der Waals surface area contributed by atoms with Gasteiger partial charge in [-0.25, -0.2) is 4.79 Å². The van der Waals surface area contributed by atoms with Crippen LogP contribution in [-0.2, 0) is 9.57 Å². The van der Waals surface area contributed by atoms with E-state index in [9.17, 15) is 14.4 Å². The number of hydrogen-bond acceptors (Lipinski definition) is 5. The number of imide groups is 1. The van der Waals surface area contributed by atoms with Gasteiger partial charge in [-0.3, -0.25) is 14.4 Å². The molecule has 1 unspecified atom stereocenters. The average Bonchev–Trinajstić information content (AvgIpc) is 2.77. The number of benzene rings is 1. The van der Waals surface area contributed by atoms with E-state index in [0.29, 0.717) is 30.5 Å². The monoisotopic (exact) mass is 348 g/mol. The highest BCUT2D eigenvalue weighted by Crippen LogP contribution is 2.24. The van der Waals surface area contributed by atoms with E-state index in [4.69, 9.17) is 9.57 Å². The van der Waals surface area contributed by atoms with Crippen LogP contribution in [0, 0.1) is 0 Å². The first-order valence-electron chi connectivity index (χ1n) is 8.34. The number of nitrogens with zero attached hydrogens (tertiary/aromatic N) is 1. The van der Waals surface area contributed by atoms with Gasteiger partial charge < -0.3 is 10.1 Å². The Balaban J connectivity index is 1.88. The summed E-state index contributed by atoms with van der Waals surface area (Å²) in [6, 6.07) is 6.61. The first kappa shape index (κ1) is 18.9. The van der Waals surface area contributed by atoms with Crippen molar-refractivity contribution >= 4 is 17.9 Å². The molecule has 0 saturated heterocycles. The van der Waals surface area contributed by atoms with Gasteiger partial charge in [-0.05, 0) is 45.7 Å². The Morgan fingerprint density at radius 3 is 2.20 bits per heavy atom. The van der Waals surface area contributed by atoms with E-state index in [1.165, 1.54) is 0 Å². The normalized spacial score (nSPS) is 15.1. The number of amides is 3. The van der Waals surface area contributed by atoms with Gasteiger partial charge in [0.1, 0.15) is 5.60 Å². The van der Waals surface area contributed by atoms with E-state index in [1.807, 2.05) is 6.92 Å². The first-order chi connectivity index (χ1) is 11.7. The molecule has 2 rings (SSSR count). The molecular weight excluding hydrogens is 324 g/mol. The van der Waals surface area contributed by atoms with Crippen molar-refractivity contribution in [1.82, 2.24) is 10.4 Å². The highest BCUT2D eigenvalue weighted by molar-refractivity contribution is 6.20. The standard InChI is InChI=1S/C18H24N2O5/c1-5-12(10-11-19-17(23)24-18(2,3)4)25-20-15(21)13-8-6-7-9-14(13)16(20)22/h6-9,12H,5,10-11H2,1-4H3,(H,19,23). The third-order valence-corrected chi connectivity index (χ3v) is 3.60. The third-order valence-electron chi connectivity index (χ3n) is 3.60. The molecule has 0 fully saturated rings. The number of fused-ring (bicyclic) bond motifs is 1. The summed E-state index contributed by atoms with van der Waals surface area (Å²) in [7, 11) is 0. The number of ether oxygens (including phenoxy) is 1. The van der Waals surface area contributed by atoms with Crippen molar-refractivity contribution < 1.29 is 24.0 Å². The Labute approximate surface area is 147 Å². The molecule has 0 spiro atoms. The molecule has 0 saturated carbocycles. The molecule has 0 radical (unpaired) electrons. The predicted molar refractivity (Wildman–Crippen MR) is 91.0 cm³/mol. The zero-order valence-corrected chi connectivity index (χ0v) is 15.0. The lowest BCUT2D eigenvalue weighted by Gasteiger charge is -2.22. The molecule has 7 nitrogen and oxygen atoms in total. The first-order valence-corrected chi connectivity index (χ1v) is 8.34. The van der Waals surface area contributed by atoms with Crippen molar-refractivity contribution in [2.45, 2.75) is 52.2 Å². The number of carbonyl (C=O) groups is 3. The van der Waals surface area contributed by atoms with Gasteiger partial charge in [0.2, 0.25) is 0 Å². The van der Waals surface area contributed by atoms with Gasteiger partial charge in [0.25, 0.3) is 11.8 Å². The van der Waals surface area contributed by atoms with Crippen LogP contribution in [0.25, 0.3) is 0 Å². The number of nitrogens with one attached hydrogen (secondary N) is 1. The Hall–Kier alpha value is -2.41. The fourth-order valence-electron chi connectivity index (χ4n) is 2.39. The van der Waals surface area contributed by atoms with Gasteiger partial charge in [-0.15, -0.1) is 5.06 Å². The second-order valence-electron chi connectivity index (χ2n) is 6.80. The minimum atomic E-state index is -0.565. The molecule has 136 valence electrons. The summed E-state index contributed by atoms with van der Waals surface area (Å²) in [6.07, 6.45) is 0.146. The molecule has 1 N–H and O–H groups in total. The molecule has 1 aromatic rings. The fraction of sp³-hybridized carbons (Fsp3) is 0.500. The zero-order valence-electron chi connectivity index (χ0n) is 15.0. The van der Waals surface area contributed by atoms with Gasteiger partial charge in [-0.2, -0.15) is 0 Å². The summed E-state index contributed by atoms with van der Waals surface area (Å²) >= 11 is 0. The Morgan fingerprint density at radius 1 is 1.16 bits per heavy atom. The van der Waals surface area contributed by atoms with E-state index >= 15 is 0 Å². The topological polar surface area (TPSA) is 84.9 Å². The van der Waals surface area contributed by atoms with Gasteiger partial charge in [0.15, 0.2) is 0 Å². The highest BCUT2D eigenvalue weighted by Gasteiger charge is 2.37. The van der Waals surface area contributed by atoms with Crippen molar-refractivity contribution in [3.8, 4) is 0 Å². The number of rotatable bonds is 6. The molecule has 0 aliphatic carbocycles. The van der Waals surface area contributed by atoms with Crippen molar-refractivity contribution in [2.24, 2.45) is 0 Å². The van der Waals surface area contributed by atoms with Gasteiger partial charge >= 0.3 is 6.09 Å². The Kier molecular flexibility index (Phi) is 5.79. The summed E-state index contributed by atoms with van der Waals surface area (Å²) in [5.41, 5.74) is 0.119. The Bertz CT molecular complexity index is 631. The van der Waals surface area contributed by atoms with Crippen LogP contribution in [-0.4, -0.2) is 41.2 Å².